The van der Waals surface area contributed by atoms with Crippen LogP contribution in [0.15, 0.2) is 0 Å². The van der Waals surface area contributed by atoms with Crippen molar-refractivity contribution < 1.29 is 18.3 Å². The maximum Gasteiger partial charge on any atom is 0.389 e. The van der Waals surface area contributed by atoms with E-state index in [0.717, 1.165) is 32.1 Å². The quantitative estimate of drug-likeness (QED) is 0.758. The molecule has 0 aromatic heterocycles. The van der Waals surface area contributed by atoms with E-state index in [-0.39, 0.29) is 12.5 Å². The number of rotatable bonds is 3. The lowest BCUT2D eigenvalue weighted by Gasteiger charge is -2.29. The molecule has 0 unspecified atom stereocenters. The highest BCUT2D eigenvalue weighted by atomic mass is 19.4. The minimum absolute atomic E-state index is 0.0791. The van der Waals surface area contributed by atoms with Crippen molar-refractivity contribution in [3.63, 3.8) is 0 Å². The highest BCUT2D eigenvalue weighted by Crippen LogP contribution is 2.36. The van der Waals surface area contributed by atoms with Crippen LogP contribution >= 0.6 is 0 Å². The summed E-state index contributed by atoms with van der Waals surface area (Å²) in [5.74, 6) is -0.495. The smallest absolute Gasteiger partial charge is 0.389 e. The van der Waals surface area contributed by atoms with Crippen molar-refractivity contribution in [3.05, 3.63) is 0 Å². The molecular formula is C10H17F3O. The van der Waals surface area contributed by atoms with E-state index in [0.29, 0.717) is 0 Å². The van der Waals surface area contributed by atoms with Crippen LogP contribution in [0.3, 0.4) is 0 Å². The van der Waals surface area contributed by atoms with Gasteiger partial charge in [-0.15, -0.1) is 0 Å². The number of aliphatic hydroxyl groups excluding tert-OH is 1. The van der Waals surface area contributed by atoms with E-state index in [4.69, 9.17) is 5.11 Å². The van der Waals surface area contributed by atoms with Crippen molar-refractivity contribution in [2.24, 2.45) is 11.8 Å². The predicted octanol–water partition coefficient (Wildman–Crippen LogP) is 3.13. The van der Waals surface area contributed by atoms with Gasteiger partial charge in [0.15, 0.2) is 0 Å². The second-order valence-corrected chi connectivity index (χ2v) is 4.16. The minimum Gasteiger partial charge on any atom is -0.396 e. The Morgan fingerprint density at radius 2 is 1.71 bits per heavy atom. The molecule has 1 aliphatic rings. The standard InChI is InChI=1S/C10H17F3O/c11-10(12,13)6-9(7-14)8-4-2-1-3-5-8/h8-9,14H,1-7H2/t9-/m1/s1. The van der Waals surface area contributed by atoms with Crippen LogP contribution in [0.2, 0.25) is 0 Å². The number of hydrogen-bond acceptors (Lipinski definition) is 1. The van der Waals surface area contributed by atoms with Gasteiger partial charge in [-0.3, -0.25) is 0 Å². The van der Waals surface area contributed by atoms with E-state index >= 15 is 0 Å². The van der Waals surface area contributed by atoms with Gasteiger partial charge in [-0.2, -0.15) is 13.2 Å². The highest BCUT2D eigenvalue weighted by molar-refractivity contribution is 4.75. The summed E-state index contributed by atoms with van der Waals surface area (Å²) in [6.07, 6.45) is -0.111. The molecule has 0 amide bonds. The monoisotopic (exact) mass is 210 g/mol. The lowest BCUT2D eigenvalue weighted by molar-refractivity contribution is -0.152. The molecule has 1 nitrogen and oxygen atoms in total. The van der Waals surface area contributed by atoms with Crippen molar-refractivity contribution in [2.45, 2.75) is 44.7 Å². The second-order valence-electron chi connectivity index (χ2n) is 4.16. The third kappa shape index (κ3) is 3.86. The topological polar surface area (TPSA) is 20.2 Å². The van der Waals surface area contributed by atoms with Gasteiger partial charge in [-0.1, -0.05) is 32.1 Å². The molecule has 14 heavy (non-hydrogen) atoms. The first kappa shape index (κ1) is 11.8. The lowest BCUT2D eigenvalue weighted by Crippen LogP contribution is -2.26. The summed E-state index contributed by atoms with van der Waals surface area (Å²) >= 11 is 0. The van der Waals surface area contributed by atoms with Gasteiger partial charge >= 0.3 is 6.18 Å². The number of aliphatic hydroxyl groups is 1. The Morgan fingerprint density at radius 3 is 2.14 bits per heavy atom. The van der Waals surface area contributed by atoms with Crippen LogP contribution < -0.4 is 0 Å². The summed E-state index contributed by atoms with van der Waals surface area (Å²) in [4.78, 5) is 0. The predicted molar refractivity (Wildman–Crippen MR) is 47.8 cm³/mol. The zero-order valence-electron chi connectivity index (χ0n) is 8.19. The summed E-state index contributed by atoms with van der Waals surface area (Å²) in [6, 6.07) is 0. The van der Waals surface area contributed by atoms with Gasteiger partial charge in [0, 0.05) is 13.0 Å². The largest absolute Gasteiger partial charge is 0.396 e. The Hall–Kier alpha value is -0.250. The third-order valence-electron chi connectivity index (χ3n) is 3.04. The van der Waals surface area contributed by atoms with Gasteiger partial charge in [0.25, 0.3) is 0 Å². The summed E-state index contributed by atoms with van der Waals surface area (Å²) in [6.45, 7) is -0.329. The summed E-state index contributed by atoms with van der Waals surface area (Å²) in [5.41, 5.74) is 0. The van der Waals surface area contributed by atoms with Gasteiger partial charge in [-0.25, -0.2) is 0 Å². The Balaban J connectivity index is 2.43. The molecule has 1 atom stereocenters. The number of alkyl halides is 3. The molecule has 1 N–H and O–H groups in total. The van der Waals surface area contributed by atoms with Crippen molar-refractivity contribution in [1.82, 2.24) is 0 Å². The van der Waals surface area contributed by atoms with E-state index < -0.39 is 18.5 Å². The molecule has 1 rings (SSSR count). The van der Waals surface area contributed by atoms with Gasteiger partial charge in [0.2, 0.25) is 0 Å². The molecular weight excluding hydrogens is 193 g/mol. The summed E-state index contributed by atoms with van der Waals surface area (Å²) in [5, 5.41) is 8.94. The first-order chi connectivity index (χ1) is 6.53. The van der Waals surface area contributed by atoms with Gasteiger partial charge in [-0.05, 0) is 11.8 Å². The van der Waals surface area contributed by atoms with Crippen LogP contribution in [-0.4, -0.2) is 17.9 Å². The lowest BCUT2D eigenvalue weighted by atomic mass is 9.79. The fourth-order valence-corrected chi connectivity index (χ4v) is 2.28. The Labute approximate surface area is 82.3 Å². The van der Waals surface area contributed by atoms with Gasteiger partial charge < -0.3 is 5.11 Å². The Kier molecular flexibility index (Phi) is 4.23. The molecule has 0 bridgehead atoms. The average molecular weight is 210 g/mol. The van der Waals surface area contributed by atoms with E-state index in [9.17, 15) is 13.2 Å². The number of halogens is 3. The fraction of sp³-hybridized carbons (Fsp3) is 1.00. The summed E-state index contributed by atoms with van der Waals surface area (Å²) in [7, 11) is 0. The molecule has 0 saturated heterocycles. The normalized spacial score (nSPS) is 22.3. The summed E-state index contributed by atoms with van der Waals surface area (Å²) < 4.78 is 36.4. The molecule has 0 aromatic rings. The van der Waals surface area contributed by atoms with Crippen LogP contribution in [-0.2, 0) is 0 Å². The number of hydrogen-bond donors (Lipinski definition) is 1. The van der Waals surface area contributed by atoms with E-state index in [1.807, 2.05) is 0 Å². The average Bonchev–Trinajstić information content (AvgIpc) is 2.14. The van der Waals surface area contributed by atoms with Crippen molar-refractivity contribution >= 4 is 0 Å². The molecule has 4 heteroatoms. The van der Waals surface area contributed by atoms with E-state index in [1.54, 1.807) is 0 Å². The molecule has 1 saturated carbocycles. The molecule has 0 heterocycles. The fourth-order valence-electron chi connectivity index (χ4n) is 2.28. The highest BCUT2D eigenvalue weighted by Gasteiger charge is 2.35. The van der Waals surface area contributed by atoms with Crippen LogP contribution in [0.25, 0.3) is 0 Å². The zero-order valence-corrected chi connectivity index (χ0v) is 8.19. The van der Waals surface area contributed by atoms with Crippen LogP contribution in [0.1, 0.15) is 38.5 Å². The maximum atomic E-state index is 12.1. The molecule has 0 aliphatic heterocycles. The van der Waals surface area contributed by atoms with E-state index in [2.05, 4.69) is 0 Å². The maximum absolute atomic E-state index is 12.1. The molecule has 0 radical (unpaired) electrons. The molecule has 1 fully saturated rings. The Bertz CT molecular complexity index is 161. The van der Waals surface area contributed by atoms with Gasteiger partial charge in [0.1, 0.15) is 0 Å². The molecule has 84 valence electrons. The van der Waals surface area contributed by atoms with E-state index in [1.165, 1.54) is 0 Å². The molecule has 0 spiro atoms. The van der Waals surface area contributed by atoms with Crippen molar-refractivity contribution in [3.8, 4) is 0 Å². The zero-order chi connectivity index (χ0) is 10.6. The Morgan fingerprint density at radius 1 is 1.14 bits per heavy atom. The third-order valence-corrected chi connectivity index (χ3v) is 3.04. The first-order valence-corrected chi connectivity index (χ1v) is 5.20. The van der Waals surface area contributed by atoms with Crippen LogP contribution in [0, 0.1) is 11.8 Å². The first-order valence-electron chi connectivity index (χ1n) is 5.20. The van der Waals surface area contributed by atoms with Crippen molar-refractivity contribution in [1.29, 1.82) is 0 Å². The van der Waals surface area contributed by atoms with Crippen molar-refractivity contribution in [2.75, 3.05) is 6.61 Å². The molecule has 0 aromatic carbocycles. The molecule has 1 aliphatic carbocycles. The minimum atomic E-state index is -4.13. The van der Waals surface area contributed by atoms with Crippen LogP contribution in [0.5, 0.6) is 0 Å². The SMILES string of the molecule is OC[C@@H](CC(F)(F)F)C1CCCCC1. The second kappa shape index (κ2) is 5.01. The van der Waals surface area contributed by atoms with Crippen LogP contribution in [0.4, 0.5) is 13.2 Å². The van der Waals surface area contributed by atoms with Gasteiger partial charge in [0.05, 0.1) is 0 Å².